The lowest BCUT2D eigenvalue weighted by Gasteiger charge is -2.04. The molecule has 0 saturated heterocycles. The third kappa shape index (κ3) is 2.86. The number of anilines is 1. The van der Waals surface area contributed by atoms with Gasteiger partial charge in [-0.1, -0.05) is 18.2 Å². The van der Waals surface area contributed by atoms with E-state index < -0.39 is 11.7 Å². The molecule has 2 heterocycles. The van der Waals surface area contributed by atoms with E-state index >= 15 is 0 Å². The first kappa shape index (κ1) is 15.7. The van der Waals surface area contributed by atoms with Gasteiger partial charge >= 0.3 is 0 Å². The largest absolute Gasteiger partial charge is 0.481 e. The quantitative estimate of drug-likeness (QED) is 0.579. The molecule has 122 valence electrons. The van der Waals surface area contributed by atoms with Gasteiger partial charge in [0.25, 0.3) is 11.7 Å². The van der Waals surface area contributed by atoms with Crippen LogP contribution in [0.4, 0.5) is 5.69 Å². The summed E-state index contributed by atoms with van der Waals surface area (Å²) in [6.45, 7) is 2.71. The third-order valence-corrected chi connectivity index (χ3v) is 3.78. The van der Waals surface area contributed by atoms with Crippen molar-refractivity contribution in [1.82, 2.24) is 9.55 Å². The highest BCUT2D eigenvalue weighted by molar-refractivity contribution is 6.48. The highest BCUT2D eigenvalue weighted by Crippen LogP contribution is 2.22. The molecule has 6 heteroatoms. The fourth-order valence-electron chi connectivity index (χ4n) is 2.57. The van der Waals surface area contributed by atoms with Crippen LogP contribution in [0.3, 0.4) is 0 Å². The van der Waals surface area contributed by atoms with Crippen molar-refractivity contribution in [3.05, 3.63) is 54.4 Å². The Bertz CT molecular complexity index is 898. The Morgan fingerprint density at radius 2 is 2.00 bits per heavy atom. The highest BCUT2D eigenvalue weighted by Gasteiger charge is 2.21. The smallest absolute Gasteiger partial charge is 0.296 e. The molecule has 3 aromatic rings. The second-order valence-electron chi connectivity index (χ2n) is 5.22. The summed E-state index contributed by atoms with van der Waals surface area (Å²) < 4.78 is 6.91. The van der Waals surface area contributed by atoms with Crippen LogP contribution in [0.25, 0.3) is 10.9 Å². The molecule has 1 N–H and O–H groups in total. The predicted octanol–water partition coefficient (Wildman–Crippen LogP) is 2.89. The molecule has 0 saturated carbocycles. The number of nitrogens with one attached hydrogen (secondary N) is 1. The van der Waals surface area contributed by atoms with Gasteiger partial charge in [-0.2, -0.15) is 0 Å². The van der Waals surface area contributed by atoms with E-state index in [0.717, 1.165) is 17.4 Å². The van der Waals surface area contributed by atoms with Crippen LogP contribution in [0.1, 0.15) is 17.3 Å². The molecule has 1 aromatic carbocycles. The lowest BCUT2D eigenvalue weighted by molar-refractivity contribution is -0.112. The number of amides is 1. The standard InChI is InChI=1S/C18H17N3O3/c1-3-21-11-14(13-6-4-5-7-15(13)21)17(22)18(23)20-12-8-9-16(24-2)19-10-12/h4-11H,3H2,1-2H3,(H,20,23). The number of pyridine rings is 1. The van der Waals surface area contributed by atoms with Crippen molar-refractivity contribution in [2.45, 2.75) is 13.5 Å². The maximum Gasteiger partial charge on any atom is 0.296 e. The number of carbonyl (C=O) groups is 2. The molecular weight excluding hydrogens is 306 g/mol. The SMILES string of the molecule is CCn1cc(C(=O)C(=O)Nc2ccc(OC)nc2)c2ccccc21. The Hall–Kier alpha value is -3.15. The van der Waals surface area contributed by atoms with Crippen LogP contribution in [-0.4, -0.2) is 28.4 Å². The normalized spacial score (nSPS) is 10.6. The summed E-state index contributed by atoms with van der Waals surface area (Å²) in [5.74, 6) is -0.833. The Morgan fingerprint density at radius 1 is 1.21 bits per heavy atom. The van der Waals surface area contributed by atoms with E-state index in [2.05, 4.69) is 10.3 Å². The van der Waals surface area contributed by atoms with Crippen LogP contribution in [0.2, 0.25) is 0 Å². The zero-order valence-corrected chi connectivity index (χ0v) is 13.4. The van der Waals surface area contributed by atoms with Crippen molar-refractivity contribution < 1.29 is 14.3 Å². The molecule has 0 unspecified atom stereocenters. The minimum absolute atomic E-state index is 0.395. The van der Waals surface area contributed by atoms with Gasteiger partial charge in [0.15, 0.2) is 0 Å². The van der Waals surface area contributed by atoms with E-state index in [1.54, 1.807) is 18.3 Å². The molecule has 0 fully saturated rings. The Kier molecular flexibility index (Phi) is 4.29. The van der Waals surface area contributed by atoms with Gasteiger partial charge in [-0.25, -0.2) is 4.98 Å². The fraction of sp³-hybridized carbons (Fsp3) is 0.167. The van der Waals surface area contributed by atoms with Gasteiger partial charge in [0.05, 0.1) is 24.6 Å². The second-order valence-corrected chi connectivity index (χ2v) is 5.22. The number of methoxy groups -OCH3 is 1. The number of aryl methyl sites for hydroxylation is 1. The summed E-state index contributed by atoms with van der Waals surface area (Å²) in [6, 6.07) is 10.8. The molecule has 24 heavy (non-hydrogen) atoms. The molecule has 1 amide bonds. The number of rotatable bonds is 5. The summed E-state index contributed by atoms with van der Waals surface area (Å²) in [5.41, 5.74) is 1.77. The molecule has 0 aliphatic heterocycles. The molecule has 0 atom stereocenters. The number of ketones is 1. The van der Waals surface area contributed by atoms with Gasteiger partial charge in [-0.3, -0.25) is 9.59 Å². The van der Waals surface area contributed by atoms with Crippen LogP contribution in [0, 0.1) is 0 Å². The minimum atomic E-state index is -0.694. The van der Waals surface area contributed by atoms with E-state index in [4.69, 9.17) is 4.74 Å². The average molecular weight is 323 g/mol. The van der Waals surface area contributed by atoms with Crippen LogP contribution in [-0.2, 0) is 11.3 Å². The average Bonchev–Trinajstić information content (AvgIpc) is 3.00. The van der Waals surface area contributed by atoms with Gasteiger partial charge < -0.3 is 14.6 Å². The Labute approximate surface area is 139 Å². The lowest BCUT2D eigenvalue weighted by Crippen LogP contribution is -2.22. The Morgan fingerprint density at radius 3 is 2.67 bits per heavy atom. The first-order valence-corrected chi connectivity index (χ1v) is 7.57. The summed E-state index contributed by atoms with van der Waals surface area (Å²) in [5, 5.41) is 3.34. The molecular formula is C18H17N3O3. The second kappa shape index (κ2) is 6.54. The zero-order chi connectivity index (χ0) is 17.1. The number of nitrogens with zero attached hydrogens (tertiary/aromatic N) is 2. The van der Waals surface area contributed by atoms with Crippen molar-refractivity contribution in [2.24, 2.45) is 0 Å². The van der Waals surface area contributed by atoms with Gasteiger partial charge in [-0.15, -0.1) is 0 Å². The number of benzene rings is 1. The number of hydrogen-bond acceptors (Lipinski definition) is 4. The third-order valence-electron chi connectivity index (χ3n) is 3.78. The number of fused-ring (bicyclic) bond motifs is 1. The van der Waals surface area contributed by atoms with Crippen molar-refractivity contribution >= 4 is 28.3 Å². The summed E-state index contributed by atoms with van der Waals surface area (Å²) in [4.78, 5) is 28.8. The van der Waals surface area contributed by atoms with E-state index in [1.165, 1.54) is 13.3 Å². The first-order chi connectivity index (χ1) is 11.6. The molecule has 6 nitrogen and oxygen atoms in total. The molecule has 3 rings (SSSR count). The summed E-state index contributed by atoms with van der Waals surface area (Å²) in [6.07, 6.45) is 3.16. The molecule has 0 radical (unpaired) electrons. The number of aromatic nitrogens is 2. The molecule has 0 aliphatic rings. The van der Waals surface area contributed by atoms with Gasteiger partial charge in [-0.05, 0) is 19.1 Å². The van der Waals surface area contributed by atoms with Gasteiger partial charge in [0, 0.05) is 29.7 Å². The topological polar surface area (TPSA) is 73.2 Å². The number of carbonyl (C=O) groups excluding carboxylic acids is 2. The minimum Gasteiger partial charge on any atom is -0.481 e. The summed E-state index contributed by atoms with van der Waals surface area (Å²) in [7, 11) is 1.51. The van der Waals surface area contributed by atoms with Gasteiger partial charge in [0.2, 0.25) is 5.88 Å². The van der Waals surface area contributed by atoms with Gasteiger partial charge in [0.1, 0.15) is 0 Å². The number of ether oxygens (including phenoxy) is 1. The lowest BCUT2D eigenvalue weighted by atomic mass is 10.1. The van der Waals surface area contributed by atoms with E-state index in [-0.39, 0.29) is 0 Å². The summed E-state index contributed by atoms with van der Waals surface area (Å²) >= 11 is 0. The van der Waals surface area contributed by atoms with Crippen molar-refractivity contribution in [2.75, 3.05) is 12.4 Å². The molecule has 2 aromatic heterocycles. The van der Waals surface area contributed by atoms with Crippen LogP contribution >= 0.6 is 0 Å². The Balaban J connectivity index is 1.87. The van der Waals surface area contributed by atoms with Crippen LogP contribution in [0.5, 0.6) is 5.88 Å². The van der Waals surface area contributed by atoms with Crippen molar-refractivity contribution in [1.29, 1.82) is 0 Å². The highest BCUT2D eigenvalue weighted by atomic mass is 16.5. The fourth-order valence-corrected chi connectivity index (χ4v) is 2.57. The maximum atomic E-state index is 12.5. The maximum absolute atomic E-state index is 12.5. The van der Waals surface area contributed by atoms with E-state index in [9.17, 15) is 9.59 Å². The van der Waals surface area contributed by atoms with E-state index in [1.807, 2.05) is 35.8 Å². The number of para-hydroxylation sites is 1. The number of Topliss-reactive ketones (excluding diaryl/α,β-unsaturated/α-hetero) is 1. The molecule has 0 bridgehead atoms. The predicted molar refractivity (Wildman–Crippen MR) is 91.4 cm³/mol. The molecule has 0 spiro atoms. The monoisotopic (exact) mass is 323 g/mol. The zero-order valence-electron chi connectivity index (χ0n) is 13.4. The first-order valence-electron chi connectivity index (χ1n) is 7.57. The van der Waals surface area contributed by atoms with Crippen molar-refractivity contribution in [3.8, 4) is 5.88 Å². The molecule has 0 aliphatic carbocycles. The van der Waals surface area contributed by atoms with Crippen molar-refractivity contribution in [3.63, 3.8) is 0 Å². The number of hydrogen-bond donors (Lipinski definition) is 1. The van der Waals surface area contributed by atoms with Crippen LogP contribution in [0.15, 0.2) is 48.8 Å². The van der Waals surface area contributed by atoms with Crippen LogP contribution < -0.4 is 10.1 Å². The van der Waals surface area contributed by atoms with E-state index in [0.29, 0.717) is 17.1 Å².